The average Bonchev–Trinajstić information content (AvgIpc) is 3.42. The van der Waals surface area contributed by atoms with Crippen LogP contribution < -0.4 is 9.73 Å². The number of anilines is 1. The van der Waals surface area contributed by atoms with Gasteiger partial charge in [0, 0.05) is 5.56 Å². The molecule has 1 N–H and O–H groups in total. The van der Waals surface area contributed by atoms with E-state index in [0.717, 1.165) is 16.4 Å². The van der Waals surface area contributed by atoms with Crippen molar-refractivity contribution in [3.63, 3.8) is 0 Å². The first kappa shape index (κ1) is 27.3. The van der Waals surface area contributed by atoms with Gasteiger partial charge < -0.3 is 9.15 Å². The Balaban J connectivity index is 1.44. The number of hydrogen-bond acceptors (Lipinski definition) is 7. The lowest BCUT2D eigenvalue weighted by atomic mass is 10.1. The summed E-state index contributed by atoms with van der Waals surface area (Å²) in [7, 11) is -4.13. The van der Waals surface area contributed by atoms with Crippen molar-refractivity contribution in [1.82, 2.24) is 5.43 Å². The van der Waals surface area contributed by atoms with E-state index in [0.29, 0.717) is 22.6 Å². The topological polar surface area (TPSA) is 118 Å². The molecule has 0 atom stereocenters. The second kappa shape index (κ2) is 12.2. The van der Waals surface area contributed by atoms with Gasteiger partial charge in [0.15, 0.2) is 0 Å². The third-order valence-electron chi connectivity index (χ3n) is 5.42. The Morgan fingerprint density at radius 1 is 0.974 bits per heavy atom. The minimum atomic E-state index is -4.13. The highest BCUT2D eigenvalue weighted by Crippen LogP contribution is 2.24. The largest absolute Gasteiger partial charge is 0.462 e. The van der Waals surface area contributed by atoms with Gasteiger partial charge in [-0.2, -0.15) is 5.10 Å². The average molecular weight is 550 g/mol. The molecule has 0 bridgehead atoms. The van der Waals surface area contributed by atoms with E-state index in [9.17, 15) is 22.4 Å². The van der Waals surface area contributed by atoms with Gasteiger partial charge in [0.05, 0.1) is 29.0 Å². The number of furan rings is 1. The van der Waals surface area contributed by atoms with Crippen LogP contribution in [-0.2, 0) is 19.6 Å². The first-order chi connectivity index (χ1) is 18.8. The Morgan fingerprint density at radius 2 is 1.67 bits per heavy atom. The van der Waals surface area contributed by atoms with Gasteiger partial charge in [-0.3, -0.25) is 9.10 Å². The predicted octanol–water partition coefficient (Wildman–Crippen LogP) is 4.61. The number of amides is 1. The number of hydrogen-bond donors (Lipinski definition) is 1. The number of hydrazone groups is 1. The normalized spacial score (nSPS) is 11.3. The molecule has 3 aromatic carbocycles. The zero-order valence-electron chi connectivity index (χ0n) is 20.8. The Morgan fingerprint density at radius 3 is 2.33 bits per heavy atom. The van der Waals surface area contributed by atoms with Gasteiger partial charge in [0.25, 0.3) is 15.9 Å². The highest BCUT2D eigenvalue weighted by Gasteiger charge is 2.27. The number of esters is 1. The maximum absolute atomic E-state index is 13.5. The monoisotopic (exact) mass is 549 g/mol. The fraction of sp³-hybridized carbons (Fsp3) is 0.107. The predicted molar refractivity (Wildman–Crippen MR) is 143 cm³/mol. The second-order valence-corrected chi connectivity index (χ2v) is 9.96. The fourth-order valence-corrected chi connectivity index (χ4v) is 4.98. The molecule has 39 heavy (non-hydrogen) atoms. The zero-order valence-corrected chi connectivity index (χ0v) is 21.6. The van der Waals surface area contributed by atoms with Crippen LogP contribution in [0.5, 0.6) is 0 Å². The van der Waals surface area contributed by atoms with Crippen LogP contribution in [-0.4, -0.2) is 39.7 Å². The molecule has 11 heteroatoms. The standard InChI is InChI=1S/C28H24FN3O6S/c1-2-37-28(34)21-10-8-20(9-11-21)26-17-16-24(38-26)18-30-31-27(33)19-32(23-14-12-22(29)13-15-23)39(35,36)25-6-4-3-5-7-25/h3-18H,2,19H2,1H3,(H,31,33)/b30-18+. The van der Waals surface area contributed by atoms with E-state index >= 15 is 0 Å². The van der Waals surface area contributed by atoms with Gasteiger partial charge >= 0.3 is 5.97 Å². The Bertz CT molecular complexity index is 1570. The van der Waals surface area contributed by atoms with Crippen molar-refractivity contribution in [3.05, 3.63) is 108 Å². The van der Waals surface area contributed by atoms with Crippen LogP contribution in [0.15, 0.2) is 105 Å². The molecule has 0 aliphatic rings. The number of sulfonamides is 1. The van der Waals surface area contributed by atoms with E-state index in [2.05, 4.69) is 10.5 Å². The molecule has 1 aromatic heterocycles. The molecule has 9 nitrogen and oxygen atoms in total. The van der Waals surface area contributed by atoms with Gasteiger partial charge in [-0.25, -0.2) is 23.0 Å². The minimum absolute atomic E-state index is 0.0240. The van der Waals surface area contributed by atoms with Crippen LogP contribution in [0.2, 0.25) is 0 Å². The van der Waals surface area contributed by atoms with E-state index in [1.165, 1.54) is 30.5 Å². The molecule has 4 rings (SSSR count). The number of nitrogens with zero attached hydrogens (tertiary/aromatic N) is 2. The molecule has 0 aliphatic carbocycles. The summed E-state index contributed by atoms with van der Waals surface area (Å²) in [5.74, 6) is -0.850. The number of ether oxygens (including phenoxy) is 1. The number of rotatable bonds is 10. The first-order valence-corrected chi connectivity index (χ1v) is 13.2. The molecule has 1 heterocycles. The van der Waals surface area contributed by atoms with E-state index in [4.69, 9.17) is 9.15 Å². The molecule has 0 fully saturated rings. The van der Waals surface area contributed by atoms with Crippen LogP contribution >= 0.6 is 0 Å². The summed E-state index contributed by atoms with van der Waals surface area (Å²) >= 11 is 0. The Labute approximate surface area is 224 Å². The lowest BCUT2D eigenvalue weighted by molar-refractivity contribution is -0.119. The number of nitrogens with one attached hydrogen (secondary N) is 1. The number of halogens is 1. The van der Waals surface area contributed by atoms with Gasteiger partial charge in [0.2, 0.25) is 0 Å². The molecule has 0 aliphatic heterocycles. The van der Waals surface area contributed by atoms with E-state index in [1.807, 2.05) is 0 Å². The van der Waals surface area contributed by atoms with Gasteiger partial charge in [-0.05, 0) is 67.6 Å². The van der Waals surface area contributed by atoms with E-state index in [1.54, 1.807) is 61.5 Å². The first-order valence-electron chi connectivity index (χ1n) is 11.8. The van der Waals surface area contributed by atoms with Crippen LogP contribution in [0, 0.1) is 5.82 Å². The second-order valence-electron chi connectivity index (χ2n) is 8.09. The molecular weight excluding hydrogens is 525 g/mol. The molecule has 4 aromatic rings. The summed E-state index contributed by atoms with van der Waals surface area (Å²) in [5.41, 5.74) is 3.53. The van der Waals surface area contributed by atoms with E-state index < -0.39 is 34.3 Å². The lowest BCUT2D eigenvalue weighted by Crippen LogP contribution is -2.39. The van der Waals surface area contributed by atoms with Crippen molar-refractivity contribution in [1.29, 1.82) is 0 Å². The van der Waals surface area contributed by atoms with Crippen molar-refractivity contribution in [2.75, 3.05) is 17.5 Å². The molecule has 0 unspecified atom stereocenters. The molecule has 0 saturated heterocycles. The van der Waals surface area contributed by atoms with Crippen molar-refractivity contribution in [2.45, 2.75) is 11.8 Å². The molecule has 0 spiro atoms. The van der Waals surface area contributed by atoms with Gasteiger partial charge in [-0.15, -0.1) is 0 Å². The summed E-state index contributed by atoms with van der Waals surface area (Å²) in [4.78, 5) is 24.4. The summed E-state index contributed by atoms with van der Waals surface area (Å²) in [6.45, 7) is 1.41. The van der Waals surface area contributed by atoms with Crippen LogP contribution in [0.4, 0.5) is 10.1 Å². The molecular formula is C28H24FN3O6S. The summed E-state index contributed by atoms with van der Waals surface area (Å²) in [6, 6.07) is 22.4. The SMILES string of the molecule is CCOC(=O)c1ccc(-c2ccc(/C=N/NC(=O)CN(c3ccc(F)cc3)S(=O)(=O)c3ccccc3)o2)cc1. The minimum Gasteiger partial charge on any atom is -0.462 e. The third kappa shape index (κ3) is 6.76. The lowest BCUT2D eigenvalue weighted by Gasteiger charge is -2.23. The number of benzene rings is 3. The van der Waals surface area contributed by atoms with Crippen molar-refractivity contribution >= 4 is 33.8 Å². The molecule has 0 saturated carbocycles. The van der Waals surface area contributed by atoms with E-state index in [-0.39, 0.29) is 17.2 Å². The Hall–Kier alpha value is -4.77. The maximum Gasteiger partial charge on any atom is 0.338 e. The van der Waals surface area contributed by atoms with Crippen molar-refractivity contribution in [3.8, 4) is 11.3 Å². The van der Waals surface area contributed by atoms with Crippen LogP contribution in [0.25, 0.3) is 11.3 Å². The van der Waals surface area contributed by atoms with Gasteiger partial charge in [0.1, 0.15) is 23.9 Å². The molecule has 200 valence electrons. The van der Waals surface area contributed by atoms with Crippen molar-refractivity contribution in [2.24, 2.45) is 5.10 Å². The quantitative estimate of drug-likeness (QED) is 0.175. The number of carbonyl (C=O) groups excluding carboxylic acids is 2. The number of carbonyl (C=O) groups is 2. The zero-order chi connectivity index (χ0) is 27.8. The maximum atomic E-state index is 13.5. The highest BCUT2D eigenvalue weighted by atomic mass is 32.2. The summed E-state index contributed by atoms with van der Waals surface area (Å²) in [5, 5.41) is 3.86. The van der Waals surface area contributed by atoms with Crippen molar-refractivity contribution < 1.29 is 31.6 Å². The smallest absolute Gasteiger partial charge is 0.338 e. The van der Waals surface area contributed by atoms with Crippen LogP contribution in [0.1, 0.15) is 23.0 Å². The third-order valence-corrected chi connectivity index (χ3v) is 7.21. The Kier molecular flexibility index (Phi) is 8.52. The highest BCUT2D eigenvalue weighted by molar-refractivity contribution is 7.92. The molecule has 1 amide bonds. The fourth-order valence-electron chi connectivity index (χ4n) is 3.54. The van der Waals surface area contributed by atoms with Crippen LogP contribution in [0.3, 0.4) is 0 Å². The molecule has 0 radical (unpaired) electrons. The summed E-state index contributed by atoms with van der Waals surface area (Å²) in [6.07, 6.45) is 1.27. The summed E-state index contributed by atoms with van der Waals surface area (Å²) < 4.78 is 51.5. The van der Waals surface area contributed by atoms with Gasteiger partial charge in [-0.1, -0.05) is 30.3 Å².